The van der Waals surface area contributed by atoms with E-state index in [2.05, 4.69) is 15.9 Å². The summed E-state index contributed by atoms with van der Waals surface area (Å²) < 4.78 is 5.93. The quantitative estimate of drug-likeness (QED) is 0.823. The van der Waals surface area contributed by atoms with Gasteiger partial charge in [0.05, 0.1) is 10.7 Å². The second-order valence-electron chi connectivity index (χ2n) is 3.21. The van der Waals surface area contributed by atoms with Gasteiger partial charge in [-0.1, -0.05) is 12.1 Å². The number of hydrogen-bond acceptors (Lipinski definition) is 3. The number of nitrogen functional groups attached to an aromatic ring is 1. The van der Waals surface area contributed by atoms with Crippen molar-refractivity contribution >= 4 is 21.6 Å². The van der Waals surface area contributed by atoms with E-state index in [0.717, 1.165) is 4.47 Å². The Morgan fingerprint density at radius 1 is 1.33 bits per heavy atom. The summed E-state index contributed by atoms with van der Waals surface area (Å²) in [6.07, 6.45) is 0.729. The first-order valence-corrected chi connectivity index (χ1v) is 5.24. The molecule has 1 unspecified atom stereocenters. The van der Waals surface area contributed by atoms with Crippen molar-refractivity contribution in [2.75, 3.05) is 5.73 Å². The minimum atomic E-state index is -0.794. The summed E-state index contributed by atoms with van der Waals surface area (Å²) in [5.41, 5.74) is 6.97. The van der Waals surface area contributed by atoms with Gasteiger partial charge in [0.25, 0.3) is 0 Å². The summed E-state index contributed by atoms with van der Waals surface area (Å²) in [6.45, 7) is 0. The molecule has 15 heavy (non-hydrogen) atoms. The lowest BCUT2D eigenvalue weighted by molar-refractivity contribution is 0.188. The van der Waals surface area contributed by atoms with E-state index in [9.17, 15) is 5.11 Å². The molecule has 0 bridgehead atoms. The van der Waals surface area contributed by atoms with E-state index < -0.39 is 6.10 Å². The first-order chi connectivity index (χ1) is 7.18. The monoisotopic (exact) mass is 267 g/mol. The lowest BCUT2D eigenvalue weighted by Gasteiger charge is -2.09. The highest BCUT2D eigenvalue weighted by Crippen LogP contribution is 2.29. The van der Waals surface area contributed by atoms with Gasteiger partial charge in [0.15, 0.2) is 5.76 Å². The summed E-state index contributed by atoms with van der Waals surface area (Å²) in [6, 6.07) is 8.83. The van der Waals surface area contributed by atoms with Gasteiger partial charge in [0.1, 0.15) is 6.10 Å². The average molecular weight is 268 g/mol. The SMILES string of the molecule is Nc1cccc(C(O)c2occc2Br)c1. The third-order valence-corrected chi connectivity index (χ3v) is 2.77. The topological polar surface area (TPSA) is 59.4 Å². The van der Waals surface area contributed by atoms with Crippen molar-refractivity contribution in [1.82, 2.24) is 0 Å². The Morgan fingerprint density at radius 2 is 2.13 bits per heavy atom. The van der Waals surface area contributed by atoms with Crippen LogP contribution in [0.1, 0.15) is 17.4 Å². The number of aliphatic hydroxyl groups is 1. The molecule has 1 atom stereocenters. The van der Waals surface area contributed by atoms with E-state index in [1.807, 2.05) is 0 Å². The zero-order chi connectivity index (χ0) is 10.8. The van der Waals surface area contributed by atoms with Gasteiger partial charge >= 0.3 is 0 Å². The number of anilines is 1. The van der Waals surface area contributed by atoms with E-state index in [1.165, 1.54) is 6.26 Å². The largest absolute Gasteiger partial charge is 0.465 e. The fraction of sp³-hybridized carbons (Fsp3) is 0.0909. The molecule has 3 nitrogen and oxygen atoms in total. The van der Waals surface area contributed by atoms with Crippen LogP contribution in [0.25, 0.3) is 0 Å². The van der Waals surface area contributed by atoms with Crippen molar-refractivity contribution in [3.8, 4) is 0 Å². The highest BCUT2D eigenvalue weighted by Gasteiger charge is 2.16. The zero-order valence-electron chi connectivity index (χ0n) is 7.85. The minimum absolute atomic E-state index is 0.487. The molecule has 0 aliphatic heterocycles. The predicted molar refractivity (Wildman–Crippen MR) is 61.3 cm³/mol. The highest BCUT2D eigenvalue weighted by atomic mass is 79.9. The van der Waals surface area contributed by atoms with Gasteiger partial charge in [-0.05, 0) is 39.7 Å². The van der Waals surface area contributed by atoms with Crippen LogP contribution in [-0.2, 0) is 0 Å². The number of rotatable bonds is 2. The van der Waals surface area contributed by atoms with Crippen molar-refractivity contribution in [2.24, 2.45) is 0 Å². The fourth-order valence-corrected chi connectivity index (χ4v) is 1.80. The Hall–Kier alpha value is -1.26. The summed E-state index contributed by atoms with van der Waals surface area (Å²) in [5.74, 6) is 0.487. The Labute approximate surface area is 95.6 Å². The molecule has 2 aromatic rings. The molecule has 4 heteroatoms. The molecule has 0 radical (unpaired) electrons. The Morgan fingerprint density at radius 3 is 2.73 bits per heavy atom. The molecule has 0 aliphatic rings. The van der Waals surface area contributed by atoms with E-state index in [0.29, 0.717) is 17.0 Å². The highest BCUT2D eigenvalue weighted by molar-refractivity contribution is 9.10. The molecular weight excluding hydrogens is 258 g/mol. The lowest BCUT2D eigenvalue weighted by atomic mass is 10.1. The van der Waals surface area contributed by atoms with Crippen molar-refractivity contribution in [2.45, 2.75) is 6.10 Å². The van der Waals surface area contributed by atoms with Crippen LogP contribution in [0.15, 0.2) is 45.5 Å². The average Bonchev–Trinajstić information content (AvgIpc) is 2.63. The predicted octanol–water partition coefficient (Wildman–Crippen LogP) is 2.71. The second-order valence-corrected chi connectivity index (χ2v) is 4.06. The molecular formula is C11H10BrNO2. The van der Waals surface area contributed by atoms with Gasteiger partial charge in [0, 0.05) is 5.69 Å². The first kappa shape index (κ1) is 10.3. The number of furan rings is 1. The molecule has 2 rings (SSSR count). The summed E-state index contributed by atoms with van der Waals surface area (Å²) >= 11 is 3.30. The Bertz CT molecular complexity index is 467. The minimum Gasteiger partial charge on any atom is -0.465 e. The van der Waals surface area contributed by atoms with Crippen LogP contribution in [-0.4, -0.2) is 5.11 Å². The van der Waals surface area contributed by atoms with Crippen LogP contribution >= 0.6 is 15.9 Å². The van der Waals surface area contributed by atoms with Crippen molar-refractivity contribution < 1.29 is 9.52 Å². The van der Waals surface area contributed by atoms with Crippen LogP contribution in [0.4, 0.5) is 5.69 Å². The van der Waals surface area contributed by atoms with Gasteiger partial charge in [-0.2, -0.15) is 0 Å². The van der Waals surface area contributed by atoms with Crippen LogP contribution in [0, 0.1) is 0 Å². The molecule has 78 valence electrons. The molecule has 1 aromatic heterocycles. The van der Waals surface area contributed by atoms with Gasteiger partial charge in [-0.15, -0.1) is 0 Å². The third kappa shape index (κ3) is 2.06. The molecule has 3 N–H and O–H groups in total. The van der Waals surface area contributed by atoms with Gasteiger partial charge in [0.2, 0.25) is 0 Å². The van der Waals surface area contributed by atoms with Crippen LogP contribution in [0.3, 0.4) is 0 Å². The molecule has 0 saturated carbocycles. The number of halogens is 1. The number of hydrogen-bond donors (Lipinski definition) is 2. The Kier molecular flexibility index (Phi) is 2.79. The van der Waals surface area contributed by atoms with Crippen molar-refractivity contribution in [3.63, 3.8) is 0 Å². The molecule has 1 aromatic carbocycles. The maximum atomic E-state index is 10.0. The number of nitrogens with two attached hydrogens (primary N) is 1. The second kappa shape index (κ2) is 4.08. The van der Waals surface area contributed by atoms with Gasteiger partial charge < -0.3 is 15.3 Å². The summed E-state index contributed by atoms with van der Waals surface area (Å²) in [4.78, 5) is 0. The molecule has 0 aliphatic carbocycles. The fourth-order valence-electron chi connectivity index (χ4n) is 1.38. The number of benzene rings is 1. The standard InChI is InChI=1S/C11H10BrNO2/c12-9-4-5-15-11(9)10(14)7-2-1-3-8(13)6-7/h1-6,10,14H,13H2. The van der Waals surface area contributed by atoms with E-state index >= 15 is 0 Å². The van der Waals surface area contributed by atoms with Crippen LogP contribution in [0.5, 0.6) is 0 Å². The maximum Gasteiger partial charge on any atom is 0.150 e. The van der Waals surface area contributed by atoms with Crippen LogP contribution < -0.4 is 5.73 Å². The Balaban J connectivity index is 2.36. The molecule has 0 amide bonds. The molecule has 0 saturated heterocycles. The first-order valence-electron chi connectivity index (χ1n) is 4.45. The zero-order valence-corrected chi connectivity index (χ0v) is 9.44. The molecule has 0 fully saturated rings. The maximum absolute atomic E-state index is 10.0. The number of aliphatic hydroxyl groups excluding tert-OH is 1. The smallest absolute Gasteiger partial charge is 0.150 e. The lowest BCUT2D eigenvalue weighted by Crippen LogP contribution is -1.99. The normalized spacial score (nSPS) is 12.7. The molecule has 1 heterocycles. The van der Waals surface area contributed by atoms with E-state index in [-0.39, 0.29) is 0 Å². The summed E-state index contributed by atoms with van der Waals surface area (Å²) in [7, 11) is 0. The molecule has 0 spiro atoms. The van der Waals surface area contributed by atoms with Gasteiger partial charge in [-0.25, -0.2) is 0 Å². The summed E-state index contributed by atoms with van der Waals surface area (Å²) in [5, 5.41) is 10.0. The van der Waals surface area contributed by atoms with Gasteiger partial charge in [-0.3, -0.25) is 0 Å². The van der Waals surface area contributed by atoms with Crippen molar-refractivity contribution in [3.05, 3.63) is 52.4 Å². The third-order valence-electron chi connectivity index (χ3n) is 2.12. The van der Waals surface area contributed by atoms with Crippen molar-refractivity contribution in [1.29, 1.82) is 0 Å². The van der Waals surface area contributed by atoms with Crippen LogP contribution in [0.2, 0.25) is 0 Å². The van der Waals surface area contributed by atoms with E-state index in [4.69, 9.17) is 10.2 Å². The van der Waals surface area contributed by atoms with E-state index in [1.54, 1.807) is 30.3 Å².